The smallest absolute Gasteiger partial charge is 0.123 e. The Balaban J connectivity index is 1.94. The standard InChI is InChI=1S/C8H14BrSi2/c9-11-4-7-1-8(5-11)3-10(2-7)6-11/h7-8H,1-6H2/q+1/t7-,8+,11?. The minimum Gasteiger partial charge on any atom is -0.123 e. The van der Waals surface area contributed by atoms with Gasteiger partial charge in [0, 0.05) is 0 Å². The first-order valence-corrected chi connectivity index (χ1v) is 11.8. The van der Waals surface area contributed by atoms with Crippen molar-refractivity contribution in [1.29, 1.82) is 0 Å². The summed E-state index contributed by atoms with van der Waals surface area (Å²) in [6.07, 6.45) is 1.62. The molecular weight excluding hydrogens is 232 g/mol. The van der Waals surface area contributed by atoms with Gasteiger partial charge in [0.05, 0.1) is 17.8 Å². The largest absolute Gasteiger partial charge is 0.312 e. The number of rotatable bonds is 0. The molecule has 11 heavy (non-hydrogen) atoms. The maximum absolute atomic E-state index is 4.12. The van der Waals surface area contributed by atoms with Crippen molar-refractivity contribution in [2.75, 3.05) is 0 Å². The molecule has 0 nitrogen and oxygen atoms in total. The highest BCUT2D eigenvalue weighted by Gasteiger charge is 2.59. The summed E-state index contributed by atoms with van der Waals surface area (Å²) in [5, 5.41) is 0. The summed E-state index contributed by atoms with van der Waals surface area (Å²) in [7, 11) is 0.209. The van der Waals surface area contributed by atoms with E-state index in [1.807, 2.05) is 0 Å². The van der Waals surface area contributed by atoms with Crippen molar-refractivity contribution in [3.8, 4) is 0 Å². The molecule has 4 aliphatic heterocycles. The van der Waals surface area contributed by atoms with Crippen LogP contribution in [-0.4, -0.2) is 15.5 Å². The van der Waals surface area contributed by atoms with Gasteiger partial charge in [-0.25, -0.2) is 0 Å². The zero-order chi connectivity index (χ0) is 7.47. The molecule has 3 atom stereocenters. The van der Waals surface area contributed by atoms with E-state index in [0.29, 0.717) is 0 Å². The summed E-state index contributed by atoms with van der Waals surface area (Å²) in [6.45, 7) is -0.742. The Morgan fingerprint density at radius 2 is 1.82 bits per heavy atom. The lowest BCUT2D eigenvalue weighted by Gasteiger charge is -2.45. The third-order valence-electron chi connectivity index (χ3n) is 3.70. The molecule has 0 aromatic rings. The predicted molar refractivity (Wildman–Crippen MR) is 56.1 cm³/mol. The molecule has 1 unspecified atom stereocenters. The first kappa shape index (κ1) is 7.33. The monoisotopic (exact) mass is 245 g/mol. The molecule has 4 heterocycles. The van der Waals surface area contributed by atoms with Crippen molar-refractivity contribution < 1.29 is 0 Å². The Hall–Kier alpha value is 0.914. The van der Waals surface area contributed by atoms with Crippen LogP contribution in [0.5, 0.6) is 0 Å². The fraction of sp³-hybridized carbons (Fsp3) is 1.00. The average molecular weight is 246 g/mol. The van der Waals surface area contributed by atoms with Crippen molar-refractivity contribution in [2.24, 2.45) is 11.8 Å². The van der Waals surface area contributed by atoms with Gasteiger partial charge in [-0.1, -0.05) is 0 Å². The molecular formula is C8H14BrSi2+. The maximum atomic E-state index is 4.12. The average Bonchev–Trinajstić information content (AvgIpc) is 1.79. The van der Waals surface area contributed by atoms with E-state index < -0.39 is 6.69 Å². The van der Waals surface area contributed by atoms with E-state index in [4.69, 9.17) is 0 Å². The van der Waals surface area contributed by atoms with Crippen LogP contribution in [0.25, 0.3) is 0 Å². The second kappa shape index (κ2) is 2.23. The van der Waals surface area contributed by atoms with Crippen molar-refractivity contribution in [2.45, 2.75) is 36.3 Å². The Morgan fingerprint density at radius 3 is 2.27 bits per heavy atom. The second-order valence-electron chi connectivity index (χ2n) is 4.86. The van der Waals surface area contributed by atoms with Gasteiger partial charge in [-0.3, -0.25) is 0 Å². The Bertz CT molecular complexity index is 157. The van der Waals surface area contributed by atoms with Gasteiger partial charge in [-0.05, 0) is 30.3 Å². The second-order valence-corrected chi connectivity index (χ2v) is 16.8. The summed E-state index contributed by atoms with van der Waals surface area (Å²) < 4.78 is 0. The predicted octanol–water partition coefficient (Wildman–Crippen LogP) is 3.02. The summed E-state index contributed by atoms with van der Waals surface area (Å²) in [4.78, 5) is 0. The molecule has 4 saturated heterocycles. The number of hydrogen-bond acceptors (Lipinski definition) is 0. The zero-order valence-corrected chi connectivity index (χ0v) is 10.4. The molecule has 0 aliphatic carbocycles. The normalized spacial score (nSPS) is 53.7. The molecule has 0 saturated carbocycles. The van der Waals surface area contributed by atoms with Crippen LogP contribution in [0.2, 0.25) is 29.8 Å². The van der Waals surface area contributed by atoms with Gasteiger partial charge in [0.2, 0.25) is 0 Å². The van der Waals surface area contributed by atoms with E-state index in [1.54, 1.807) is 36.3 Å². The highest BCUT2D eigenvalue weighted by molar-refractivity contribution is 9.26. The Kier molecular flexibility index (Phi) is 1.49. The lowest BCUT2D eigenvalue weighted by molar-refractivity contribution is 0.399. The molecule has 4 bridgehead atoms. The molecule has 0 aromatic carbocycles. The lowest BCUT2D eigenvalue weighted by atomic mass is 9.98. The van der Waals surface area contributed by atoms with Crippen LogP contribution in [-0.2, 0) is 0 Å². The summed E-state index contributed by atoms with van der Waals surface area (Å²) in [6, 6.07) is 6.69. The van der Waals surface area contributed by atoms with Crippen molar-refractivity contribution in [1.82, 2.24) is 0 Å². The topological polar surface area (TPSA) is 0 Å². The molecule has 0 aromatic heterocycles. The van der Waals surface area contributed by atoms with Gasteiger partial charge < -0.3 is 0 Å². The van der Waals surface area contributed by atoms with E-state index in [2.05, 4.69) is 15.3 Å². The van der Waals surface area contributed by atoms with E-state index in [-0.39, 0.29) is 8.80 Å². The minimum atomic E-state index is -0.742. The molecule has 60 valence electrons. The number of halogens is 1. The fourth-order valence-corrected chi connectivity index (χ4v) is 21.8. The molecule has 4 fully saturated rings. The molecule has 0 N–H and O–H groups in total. The minimum absolute atomic E-state index is 0.209. The van der Waals surface area contributed by atoms with Gasteiger partial charge in [0.25, 0.3) is 0 Å². The lowest BCUT2D eigenvalue weighted by Crippen LogP contribution is -2.52. The highest BCUT2D eigenvalue weighted by Crippen LogP contribution is 2.55. The molecule has 3 heteroatoms. The molecule has 0 radical (unpaired) electrons. The van der Waals surface area contributed by atoms with Crippen LogP contribution < -0.4 is 0 Å². The van der Waals surface area contributed by atoms with Gasteiger partial charge in [0.1, 0.15) is 0 Å². The zero-order valence-electron chi connectivity index (χ0n) is 6.78. The van der Waals surface area contributed by atoms with Crippen molar-refractivity contribution in [3.05, 3.63) is 0 Å². The first-order valence-electron chi connectivity index (χ1n) is 4.76. The van der Waals surface area contributed by atoms with Crippen LogP contribution in [0.1, 0.15) is 6.42 Å². The SMILES string of the molecule is Br[Si]12C[C@@H]3C[C@@H](C[Si+](C3)C1)C2. The Labute approximate surface area is 79.0 Å². The highest BCUT2D eigenvalue weighted by atomic mass is 79.9. The summed E-state index contributed by atoms with van der Waals surface area (Å²) in [5.41, 5.74) is 1.73. The van der Waals surface area contributed by atoms with Gasteiger partial charge in [-0.15, -0.1) is 15.3 Å². The molecule has 0 spiro atoms. The van der Waals surface area contributed by atoms with Crippen LogP contribution in [0.15, 0.2) is 0 Å². The number of hydrogen-bond donors (Lipinski definition) is 0. The third-order valence-corrected chi connectivity index (χ3v) is 17.6. The van der Waals surface area contributed by atoms with Crippen LogP contribution in [0, 0.1) is 11.8 Å². The third kappa shape index (κ3) is 1.11. The molecule has 4 aliphatic rings. The van der Waals surface area contributed by atoms with E-state index in [0.717, 1.165) is 0 Å². The first-order chi connectivity index (χ1) is 5.23. The Morgan fingerprint density at radius 1 is 1.18 bits per heavy atom. The van der Waals surface area contributed by atoms with Crippen molar-refractivity contribution in [3.63, 3.8) is 0 Å². The van der Waals surface area contributed by atoms with E-state index in [9.17, 15) is 0 Å². The molecule has 0 amide bonds. The quantitative estimate of drug-likeness (QED) is 0.455. The van der Waals surface area contributed by atoms with E-state index >= 15 is 0 Å². The van der Waals surface area contributed by atoms with E-state index in [1.165, 1.54) is 11.8 Å². The van der Waals surface area contributed by atoms with Crippen LogP contribution in [0.4, 0.5) is 0 Å². The van der Waals surface area contributed by atoms with Crippen molar-refractivity contribution >= 4 is 30.8 Å². The van der Waals surface area contributed by atoms with Gasteiger partial charge in [-0.2, -0.15) is 0 Å². The van der Waals surface area contributed by atoms with Crippen LogP contribution in [0.3, 0.4) is 0 Å². The van der Waals surface area contributed by atoms with Crippen LogP contribution >= 0.6 is 15.3 Å². The van der Waals surface area contributed by atoms with Gasteiger partial charge in [0.15, 0.2) is 6.69 Å². The maximum Gasteiger partial charge on any atom is 0.312 e. The van der Waals surface area contributed by atoms with Gasteiger partial charge >= 0.3 is 8.80 Å². The fourth-order valence-electron chi connectivity index (χ4n) is 3.70. The summed E-state index contributed by atoms with van der Waals surface area (Å²) in [5.74, 6) is 2.41. The molecule has 4 rings (SSSR count). The summed E-state index contributed by atoms with van der Waals surface area (Å²) >= 11 is 4.12.